The fourth-order valence-corrected chi connectivity index (χ4v) is 4.12. The van der Waals surface area contributed by atoms with Gasteiger partial charge in [0.2, 0.25) is 5.91 Å². The van der Waals surface area contributed by atoms with Gasteiger partial charge in [0, 0.05) is 29.6 Å². The number of para-hydroxylation sites is 2. The van der Waals surface area contributed by atoms with E-state index < -0.39 is 6.04 Å². The molecular weight excluding hydrogens is 384 g/mol. The molecule has 1 atom stereocenters. The highest BCUT2D eigenvalue weighted by Gasteiger charge is 2.24. The van der Waals surface area contributed by atoms with E-state index in [4.69, 9.17) is 4.98 Å². The van der Waals surface area contributed by atoms with Crippen LogP contribution in [0.1, 0.15) is 44.2 Å². The minimum atomic E-state index is -0.410. The molecule has 0 aliphatic rings. The van der Waals surface area contributed by atoms with Gasteiger partial charge in [-0.1, -0.05) is 26.0 Å². The lowest BCUT2D eigenvalue weighted by atomic mass is 10.2. The van der Waals surface area contributed by atoms with Gasteiger partial charge in [0.15, 0.2) is 5.13 Å². The summed E-state index contributed by atoms with van der Waals surface area (Å²) in [5.74, 6) is 0.996. The molecule has 150 valence electrons. The number of thiazole rings is 1. The zero-order chi connectivity index (χ0) is 20.7. The Morgan fingerprint density at radius 2 is 1.93 bits per heavy atom. The van der Waals surface area contributed by atoms with Crippen LogP contribution < -0.4 is 5.32 Å². The average molecular weight is 409 g/mol. The molecule has 0 radical (unpaired) electrons. The van der Waals surface area contributed by atoms with Crippen LogP contribution in [0.25, 0.3) is 22.3 Å². The Hall–Kier alpha value is -3.00. The second-order valence-electron chi connectivity index (χ2n) is 7.45. The average Bonchev–Trinajstić information content (AvgIpc) is 3.39. The molecule has 0 saturated carbocycles. The number of fused-ring (bicyclic) bond motifs is 1. The van der Waals surface area contributed by atoms with Crippen molar-refractivity contribution in [2.75, 3.05) is 5.32 Å². The number of carbonyl (C=O) groups excluding carboxylic acids is 1. The van der Waals surface area contributed by atoms with Gasteiger partial charge in [-0.05, 0) is 26.0 Å². The van der Waals surface area contributed by atoms with Gasteiger partial charge in [0.05, 0.1) is 22.9 Å². The van der Waals surface area contributed by atoms with E-state index in [1.54, 1.807) is 6.20 Å². The summed E-state index contributed by atoms with van der Waals surface area (Å²) < 4.78 is 3.84. The number of anilines is 1. The minimum Gasteiger partial charge on any atom is -0.315 e. The Kier molecular flexibility index (Phi) is 4.96. The van der Waals surface area contributed by atoms with Gasteiger partial charge in [0.25, 0.3) is 0 Å². The third-order valence-corrected chi connectivity index (χ3v) is 5.91. The number of hydrogen-bond donors (Lipinski definition) is 1. The first-order valence-electron chi connectivity index (χ1n) is 9.59. The van der Waals surface area contributed by atoms with Gasteiger partial charge in [0.1, 0.15) is 11.9 Å². The summed E-state index contributed by atoms with van der Waals surface area (Å²) in [4.78, 5) is 22.4. The largest absolute Gasteiger partial charge is 0.315 e. The maximum Gasteiger partial charge on any atom is 0.248 e. The summed E-state index contributed by atoms with van der Waals surface area (Å²) >= 11 is 1.41. The van der Waals surface area contributed by atoms with Crippen LogP contribution in [-0.4, -0.2) is 30.2 Å². The molecule has 0 bridgehead atoms. The normalized spacial score (nSPS) is 12.6. The Labute approximate surface area is 173 Å². The van der Waals surface area contributed by atoms with Gasteiger partial charge in [-0.3, -0.25) is 9.48 Å². The first-order chi connectivity index (χ1) is 13.9. The van der Waals surface area contributed by atoms with E-state index in [-0.39, 0.29) is 11.8 Å². The maximum absolute atomic E-state index is 13.0. The molecule has 1 N–H and O–H groups in total. The van der Waals surface area contributed by atoms with Crippen molar-refractivity contribution in [1.29, 1.82) is 0 Å². The summed E-state index contributed by atoms with van der Waals surface area (Å²) in [6, 6.07) is 7.51. The van der Waals surface area contributed by atoms with Crippen LogP contribution in [0.4, 0.5) is 5.13 Å². The Morgan fingerprint density at radius 1 is 1.17 bits per heavy atom. The Bertz CT molecular complexity index is 1190. The summed E-state index contributed by atoms with van der Waals surface area (Å²) in [6.45, 7) is 8.08. The maximum atomic E-state index is 13.0. The van der Waals surface area contributed by atoms with E-state index in [9.17, 15) is 4.79 Å². The third-order valence-electron chi connectivity index (χ3n) is 5.15. The molecule has 0 aliphatic heterocycles. The number of aryl methyl sites for hydroxylation is 1. The number of imidazole rings is 1. The quantitative estimate of drug-likeness (QED) is 0.526. The standard InChI is InChI=1S/C21H24N6OS/c1-12(2)19-23-16-8-6-7-9-18(16)27(19)14(4)20(28)25-21-24-17(11-29-21)15-10-22-26(5)13(15)3/h6-12,14H,1-5H3,(H,24,25,28)/t14-/m1/s1. The summed E-state index contributed by atoms with van der Waals surface area (Å²) in [6.07, 6.45) is 1.80. The molecule has 3 aromatic heterocycles. The van der Waals surface area contributed by atoms with Crippen molar-refractivity contribution in [3.8, 4) is 11.3 Å². The smallest absolute Gasteiger partial charge is 0.248 e. The van der Waals surface area contributed by atoms with Crippen LogP contribution in [-0.2, 0) is 11.8 Å². The van der Waals surface area contributed by atoms with Crippen LogP contribution in [0.5, 0.6) is 0 Å². The molecule has 0 spiro atoms. The first kappa shape index (κ1) is 19.3. The van der Waals surface area contributed by atoms with E-state index in [0.29, 0.717) is 5.13 Å². The Morgan fingerprint density at radius 3 is 2.62 bits per heavy atom. The number of nitrogens with zero attached hydrogens (tertiary/aromatic N) is 5. The van der Waals surface area contributed by atoms with Crippen molar-refractivity contribution in [2.24, 2.45) is 7.05 Å². The lowest BCUT2D eigenvalue weighted by Crippen LogP contribution is -2.25. The molecule has 3 heterocycles. The van der Waals surface area contributed by atoms with Crippen molar-refractivity contribution >= 4 is 33.4 Å². The van der Waals surface area contributed by atoms with Crippen LogP contribution in [0, 0.1) is 6.92 Å². The van der Waals surface area contributed by atoms with Crippen LogP contribution in [0.3, 0.4) is 0 Å². The number of aromatic nitrogens is 5. The van der Waals surface area contributed by atoms with Crippen molar-refractivity contribution < 1.29 is 4.79 Å². The monoisotopic (exact) mass is 408 g/mol. The number of rotatable bonds is 5. The van der Waals surface area contributed by atoms with E-state index in [1.165, 1.54) is 11.3 Å². The molecular formula is C21H24N6OS. The zero-order valence-electron chi connectivity index (χ0n) is 17.2. The zero-order valence-corrected chi connectivity index (χ0v) is 18.0. The third kappa shape index (κ3) is 3.44. The highest BCUT2D eigenvalue weighted by molar-refractivity contribution is 7.14. The number of amides is 1. The van der Waals surface area contributed by atoms with Crippen LogP contribution in [0.2, 0.25) is 0 Å². The van der Waals surface area contributed by atoms with Gasteiger partial charge in [-0.15, -0.1) is 11.3 Å². The molecule has 1 amide bonds. The topological polar surface area (TPSA) is 77.6 Å². The van der Waals surface area contributed by atoms with Crippen molar-refractivity contribution in [3.05, 3.63) is 47.4 Å². The van der Waals surface area contributed by atoms with Gasteiger partial charge in [-0.2, -0.15) is 5.10 Å². The molecule has 1 aromatic carbocycles. The molecule has 29 heavy (non-hydrogen) atoms. The number of benzene rings is 1. The van der Waals surface area contributed by atoms with E-state index in [0.717, 1.165) is 33.8 Å². The minimum absolute atomic E-state index is 0.112. The predicted molar refractivity (Wildman–Crippen MR) is 116 cm³/mol. The predicted octanol–water partition coefficient (Wildman–Crippen LogP) is 4.52. The summed E-state index contributed by atoms with van der Waals surface area (Å²) in [7, 11) is 1.90. The van der Waals surface area contributed by atoms with Gasteiger partial charge in [-0.25, -0.2) is 9.97 Å². The molecule has 7 nitrogen and oxygen atoms in total. The Balaban J connectivity index is 1.61. The lowest BCUT2D eigenvalue weighted by molar-refractivity contribution is -0.118. The van der Waals surface area contributed by atoms with Gasteiger partial charge < -0.3 is 9.88 Å². The van der Waals surface area contributed by atoms with E-state index in [1.807, 2.05) is 59.8 Å². The van der Waals surface area contributed by atoms with Crippen molar-refractivity contribution in [2.45, 2.75) is 39.7 Å². The molecule has 0 unspecified atom stereocenters. The molecule has 8 heteroatoms. The number of hydrogen-bond acceptors (Lipinski definition) is 5. The van der Waals surface area contributed by atoms with Gasteiger partial charge >= 0.3 is 0 Å². The summed E-state index contributed by atoms with van der Waals surface area (Å²) in [5.41, 5.74) is 4.69. The molecule has 0 aliphatic carbocycles. The molecule has 0 fully saturated rings. The second kappa shape index (κ2) is 7.44. The fourth-order valence-electron chi connectivity index (χ4n) is 3.41. The molecule has 0 saturated heterocycles. The highest BCUT2D eigenvalue weighted by Crippen LogP contribution is 2.29. The van der Waals surface area contributed by atoms with E-state index in [2.05, 4.69) is 29.2 Å². The molecule has 4 aromatic rings. The number of nitrogens with one attached hydrogen (secondary N) is 1. The van der Waals surface area contributed by atoms with Crippen LogP contribution in [0.15, 0.2) is 35.8 Å². The van der Waals surface area contributed by atoms with Crippen molar-refractivity contribution in [1.82, 2.24) is 24.3 Å². The van der Waals surface area contributed by atoms with E-state index >= 15 is 0 Å². The fraction of sp³-hybridized carbons (Fsp3) is 0.333. The summed E-state index contributed by atoms with van der Waals surface area (Å²) in [5, 5.41) is 9.75. The molecule has 4 rings (SSSR count). The van der Waals surface area contributed by atoms with Crippen LogP contribution >= 0.6 is 11.3 Å². The first-order valence-corrected chi connectivity index (χ1v) is 10.5. The SMILES string of the molecule is Cc1c(-c2csc(NC(=O)[C@@H](C)n3c(C(C)C)nc4ccccc43)n2)cnn1C. The van der Waals surface area contributed by atoms with Crippen molar-refractivity contribution in [3.63, 3.8) is 0 Å². The second-order valence-corrected chi connectivity index (χ2v) is 8.31. The lowest BCUT2D eigenvalue weighted by Gasteiger charge is -2.18. The highest BCUT2D eigenvalue weighted by atomic mass is 32.1. The number of carbonyl (C=O) groups is 1.